The Morgan fingerprint density at radius 2 is 1.10 bits per heavy atom. The van der Waals surface area contributed by atoms with Crippen molar-refractivity contribution >= 4 is 53.2 Å². The second-order valence-corrected chi connectivity index (χ2v) is 22.8. The molecule has 0 unspecified atom stereocenters. The van der Waals surface area contributed by atoms with E-state index < -0.39 is 11.4 Å². The lowest BCUT2D eigenvalue weighted by atomic mass is 10.00. The highest BCUT2D eigenvalue weighted by Gasteiger charge is 2.34. The number of hydrogen-bond acceptors (Lipinski definition) is 13. The van der Waals surface area contributed by atoms with Crippen molar-refractivity contribution in [1.82, 2.24) is 44.4 Å². The first-order chi connectivity index (χ1) is 39.1. The van der Waals surface area contributed by atoms with Gasteiger partial charge >= 0.3 is 6.09 Å². The number of halogens is 2. The number of fused-ring (bicyclic) bond motifs is 4. The van der Waals surface area contributed by atoms with Crippen LogP contribution in [0.3, 0.4) is 0 Å². The summed E-state index contributed by atoms with van der Waals surface area (Å²) in [5, 5.41) is 7.01. The lowest BCUT2D eigenvalue weighted by Gasteiger charge is -2.33. The standard InChI is InChI=1S/C33H37ClN6O4.C28H28FN5O3/c1-33(2,3)44-32(43)38-14-11-25(12-15-38)36-31-35-17-27(34)29(37-31)22-8-9-24-19-40(30(42)26(24)16-22)20-28(41)39-13-10-21-6-4-5-7-23(21)18-39;29-24-14-30-28(31-22-8-11-37-12-9-22)32-26(24)19-5-6-21-16-34(27(36)23(21)13-19)17-25(35)33-10-7-18-3-1-2-4-20(18)15-33/h4-9,16-17,25H,10-15,18-20H2,1-3H3,(H,35,36,37);1-6,13-14,22H,7-12,15-17H2,(H,30,31,32). The largest absolute Gasteiger partial charge is 0.444 e. The molecule has 0 saturated carbocycles. The summed E-state index contributed by atoms with van der Waals surface area (Å²) in [6, 6.07) is 27.4. The van der Waals surface area contributed by atoms with E-state index in [9.17, 15) is 28.4 Å². The topological polar surface area (TPSA) is 196 Å². The quantitative estimate of drug-likeness (QED) is 0.133. The number of likely N-dealkylation sites (tertiary alicyclic amines) is 1. The van der Waals surface area contributed by atoms with Crippen molar-refractivity contribution in [3.63, 3.8) is 0 Å². The number of benzene rings is 4. The second kappa shape index (κ2) is 23.6. The Labute approximate surface area is 475 Å². The number of nitrogens with one attached hydrogen (secondary N) is 2. The number of amides is 5. The van der Waals surface area contributed by atoms with E-state index >= 15 is 0 Å². The third-order valence-corrected chi connectivity index (χ3v) is 15.9. The molecule has 6 aliphatic heterocycles. The number of rotatable bonds is 10. The maximum Gasteiger partial charge on any atom is 0.410 e. The number of hydrogen-bond donors (Lipinski definition) is 2. The minimum Gasteiger partial charge on any atom is -0.444 e. The summed E-state index contributed by atoms with van der Waals surface area (Å²) in [4.78, 5) is 91.3. The van der Waals surface area contributed by atoms with Crippen molar-refractivity contribution in [3.8, 4) is 22.5 Å². The Balaban J connectivity index is 0.000000173. The van der Waals surface area contributed by atoms with Gasteiger partial charge in [-0.05, 0) is 105 Å². The van der Waals surface area contributed by atoms with Gasteiger partial charge in [-0.2, -0.15) is 0 Å². The monoisotopic (exact) mass is 1120 g/mol. The first kappa shape index (κ1) is 54.9. The molecule has 0 atom stereocenters. The normalized spacial score (nSPS) is 17.2. The van der Waals surface area contributed by atoms with Crippen molar-refractivity contribution in [1.29, 1.82) is 0 Å². The summed E-state index contributed by atoms with van der Waals surface area (Å²) in [6.45, 7) is 11.3. The van der Waals surface area contributed by atoms with Crippen molar-refractivity contribution in [2.45, 2.75) is 103 Å². The van der Waals surface area contributed by atoms with Crippen LogP contribution in [0.15, 0.2) is 97.3 Å². The molecule has 2 saturated heterocycles. The third kappa shape index (κ3) is 12.6. The number of nitrogens with zero attached hydrogens (tertiary/aromatic N) is 9. The average Bonchev–Trinajstić information content (AvgIpc) is 3.97. The number of ether oxygens (including phenoxy) is 2. The molecule has 6 aromatic rings. The molecule has 0 spiro atoms. The Bertz CT molecular complexity index is 3400. The maximum atomic E-state index is 14.7. The molecule has 0 bridgehead atoms. The first-order valence-electron chi connectivity index (χ1n) is 27.8. The number of anilines is 2. The van der Waals surface area contributed by atoms with Gasteiger partial charge in [0.05, 0.1) is 23.1 Å². The Morgan fingerprint density at radius 1 is 0.617 bits per heavy atom. The van der Waals surface area contributed by atoms with Crippen LogP contribution in [0.1, 0.15) is 101 Å². The Kier molecular flexibility index (Phi) is 16.0. The SMILES string of the molecule is CC(C)(C)OC(=O)N1CCC(Nc2ncc(Cl)c(-c3ccc4c(c3)C(=O)N(CC(=O)N3CCc5ccccc5C3)C4)n2)CC1.O=C(CN1Cc2ccc(-c3nc(NC4CCOCC4)ncc3F)cc2C1=O)N1CCc2ccccc2C1. The van der Waals surface area contributed by atoms with Gasteiger partial charge in [0.1, 0.15) is 24.4 Å². The van der Waals surface area contributed by atoms with Crippen LogP contribution in [0.2, 0.25) is 5.02 Å². The molecule has 6 aliphatic rings. The molecule has 2 N–H and O–H groups in total. The molecule has 0 radical (unpaired) electrons. The van der Waals surface area contributed by atoms with E-state index in [-0.39, 0.29) is 60.6 Å². The minimum absolute atomic E-state index is 0.0199. The van der Waals surface area contributed by atoms with E-state index in [1.807, 2.05) is 79.1 Å². The Hall–Kier alpha value is -8.03. The molecule has 12 rings (SSSR count). The highest BCUT2D eigenvalue weighted by atomic mass is 35.5. The fraction of sp³-hybridized carbons (Fsp3) is 0.393. The molecule has 2 fully saturated rings. The fourth-order valence-corrected chi connectivity index (χ4v) is 11.4. The van der Waals surface area contributed by atoms with E-state index in [1.54, 1.807) is 39.1 Å². The van der Waals surface area contributed by atoms with Gasteiger partial charge in [0.15, 0.2) is 5.82 Å². The molecule has 420 valence electrons. The zero-order valence-electron chi connectivity index (χ0n) is 45.8. The maximum absolute atomic E-state index is 14.7. The highest BCUT2D eigenvalue weighted by molar-refractivity contribution is 6.33. The van der Waals surface area contributed by atoms with Gasteiger partial charge in [0, 0.05) is 99.9 Å². The van der Waals surface area contributed by atoms with E-state index in [1.165, 1.54) is 11.1 Å². The average molecular weight is 1120 g/mol. The van der Waals surface area contributed by atoms with Crippen molar-refractivity contribution in [3.05, 3.63) is 153 Å². The van der Waals surface area contributed by atoms with Crippen LogP contribution in [0, 0.1) is 5.82 Å². The van der Waals surface area contributed by atoms with Crippen molar-refractivity contribution in [2.24, 2.45) is 0 Å². The zero-order valence-corrected chi connectivity index (χ0v) is 46.5. The van der Waals surface area contributed by atoms with E-state index in [4.69, 9.17) is 26.1 Å². The van der Waals surface area contributed by atoms with Gasteiger partial charge in [-0.25, -0.2) is 29.1 Å². The van der Waals surface area contributed by atoms with Crippen LogP contribution in [0.25, 0.3) is 22.5 Å². The number of carbonyl (C=O) groups is 5. The molecule has 5 amide bonds. The summed E-state index contributed by atoms with van der Waals surface area (Å²) < 4.78 is 25.6. The summed E-state index contributed by atoms with van der Waals surface area (Å²) in [7, 11) is 0. The molecular weight excluding hydrogens is 1050 g/mol. The summed E-state index contributed by atoms with van der Waals surface area (Å²) in [5.74, 6) is -0.285. The van der Waals surface area contributed by atoms with Gasteiger partial charge in [-0.1, -0.05) is 84.4 Å². The van der Waals surface area contributed by atoms with Gasteiger partial charge in [-0.15, -0.1) is 0 Å². The summed E-state index contributed by atoms with van der Waals surface area (Å²) in [6.07, 6.45) is 7.17. The molecule has 18 nitrogen and oxygen atoms in total. The highest BCUT2D eigenvalue weighted by Crippen LogP contribution is 2.34. The van der Waals surface area contributed by atoms with Crippen LogP contribution in [-0.2, 0) is 58.1 Å². The molecular formula is C61H65ClFN11O7. The summed E-state index contributed by atoms with van der Waals surface area (Å²) in [5.41, 5.74) is 8.92. The molecule has 81 heavy (non-hydrogen) atoms. The third-order valence-electron chi connectivity index (χ3n) is 15.7. The van der Waals surface area contributed by atoms with Crippen LogP contribution in [0.5, 0.6) is 0 Å². The summed E-state index contributed by atoms with van der Waals surface area (Å²) >= 11 is 6.53. The predicted octanol–water partition coefficient (Wildman–Crippen LogP) is 8.56. The van der Waals surface area contributed by atoms with Crippen LogP contribution in [0.4, 0.5) is 21.1 Å². The molecule has 8 heterocycles. The molecule has 4 aromatic carbocycles. The van der Waals surface area contributed by atoms with Crippen molar-refractivity contribution < 1.29 is 37.8 Å². The van der Waals surface area contributed by atoms with Crippen LogP contribution in [-0.4, -0.2) is 144 Å². The lowest BCUT2D eigenvalue weighted by molar-refractivity contribution is -0.133. The minimum atomic E-state index is -0.555. The Morgan fingerprint density at radius 3 is 1.63 bits per heavy atom. The number of carbonyl (C=O) groups excluding carboxylic acids is 5. The van der Waals surface area contributed by atoms with Crippen molar-refractivity contribution in [2.75, 3.05) is 63.1 Å². The lowest BCUT2D eigenvalue weighted by Crippen LogP contribution is -2.44. The van der Waals surface area contributed by atoms with Crippen LogP contribution < -0.4 is 10.6 Å². The smallest absolute Gasteiger partial charge is 0.410 e. The first-order valence-corrected chi connectivity index (χ1v) is 28.1. The van der Waals surface area contributed by atoms with Gasteiger partial charge in [-0.3, -0.25) is 19.2 Å². The predicted molar refractivity (Wildman–Crippen MR) is 302 cm³/mol. The zero-order chi connectivity index (χ0) is 56.4. The van der Waals surface area contributed by atoms with Gasteiger partial charge in [0.2, 0.25) is 23.7 Å². The molecule has 2 aromatic heterocycles. The molecule has 20 heteroatoms. The second-order valence-electron chi connectivity index (χ2n) is 22.4. The van der Waals surface area contributed by atoms with Crippen LogP contribution >= 0.6 is 11.6 Å². The number of aromatic nitrogens is 4. The molecule has 0 aliphatic carbocycles. The van der Waals surface area contributed by atoms with E-state index in [0.29, 0.717) is 110 Å². The number of piperidine rings is 1. The fourth-order valence-electron chi connectivity index (χ4n) is 11.2. The van der Waals surface area contributed by atoms with E-state index in [0.717, 1.165) is 67.0 Å². The van der Waals surface area contributed by atoms with E-state index in [2.05, 4.69) is 43.8 Å². The van der Waals surface area contributed by atoms with Gasteiger partial charge < -0.3 is 44.6 Å². The van der Waals surface area contributed by atoms with Gasteiger partial charge in [0.25, 0.3) is 11.8 Å².